The Hall–Kier alpha value is -1.93. The van der Waals surface area contributed by atoms with E-state index in [0.29, 0.717) is 10.2 Å². The van der Waals surface area contributed by atoms with Crippen LogP contribution in [0.15, 0.2) is 57.9 Å². The molecule has 0 radical (unpaired) electrons. The minimum atomic E-state index is -3.88. The second-order valence-corrected chi connectivity index (χ2v) is 6.38. The highest BCUT2D eigenvalue weighted by Crippen LogP contribution is 2.25. The van der Waals surface area contributed by atoms with Crippen molar-refractivity contribution < 1.29 is 13.3 Å². The standard InChI is InChI=1S/C12H9BrN2O4S/c13-11-6-1-2-7-12(11)14-20(18,19)10-5-3-4-9(8-10)15(16)17/h1-8,14H. The van der Waals surface area contributed by atoms with Crippen LogP contribution in [-0.4, -0.2) is 13.3 Å². The zero-order valence-electron chi connectivity index (χ0n) is 9.99. The highest BCUT2D eigenvalue weighted by atomic mass is 79.9. The minimum Gasteiger partial charge on any atom is -0.278 e. The number of non-ortho nitro benzene ring substituents is 1. The molecule has 2 aromatic carbocycles. The number of nitrogens with zero attached hydrogens (tertiary/aromatic N) is 1. The third kappa shape index (κ3) is 3.14. The molecule has 2 rings (SSSR count). The van der Waals surface area contributed by atoms with Crippen LogP contribution in [0.1, 0.15) is 0 Å². The lowest BCUT2D eigenvalue weighted by molar-refractivity contribution is -0.385. The van der Waals surface area contributed by atoms with Gasteiger partial charge >= 0.3 is 0 Å². The number of halogens is 1. The van der Waals surface area contributed by atoms with Crippen molar-refractivity contribution in [3.63, 3.8) is 0 Å². The highest BCUT2D eigenvalue weighted by Gasteiger charge is 2.18. The van der Waals surface area contributed by atoms with Crippen molar-refractivity contribution in [1.29, 1.82) is 0 Å². The number of sulfonamides is 1. The maximum absolute atomic E-state index is 12.2. The molecule has 0 unspecified atom stereocenters. The monoisotopic (exact) mass is 356 g/mol. The van der Waals surface area contributed by atoms with E-state index in [0.717, 1.165) is 6.07 Å². The van der Waals surface area contributed by atoms with E-state index in [1.165, 1.54) is 18.2 Å². The van der Waals surface area contributed by atoms with Crippen molar-refractivity contribution in [2.75, 3.05) is 4.72 Å². The molecule has 0 saturated carbocycles. The van der Waals surface area contributed by atoms with Crippen LogP contribution in [0.3, 0.4) is 0 Å². The van der Waals surface area contributed by atoms with Gasteiger partial charge in [0.05, 0.1) is 15.5 Å². The average molecular weight is 357 g/mol. The third-order valence-corrected chi connectivity index (χ3v) is 4.51. The Morgan fingerprint density at radius 2 is 1.80 bits per heavy atom. The molecule has 1 N–H and O–H groups in total. The van der Waals surface area contributed by atoms with E-state index in [4.69, 9.17) is 0 Å². The molecule has 104 valence electrons. The summed E-state index contributed by atoms with van der Waals surface area (Å²) >= 11 is 3.22. The van der Waals surface area contributed by atoms with Gasteiger partial charge in [0.1, 0.15) is 0 Å². The first-order valence-electron chi connectivity index (χ1n) is 5.42. The molecule has 0 aliphatic heterocycles. The molecule has 0 spiro atoms. The summed E-state index contributed by atoms with van der Waals surface area (Å²) in [6.07, 6.45) is 0. The number of hydrogen-bond acceptors (Lipinski definition) is 4. The Labute approximate surface area is 123 Å². The third-order valence-electron chi connectivity index (χ3n) is 2.46. The molecule has 0 bridgehead atoms. The Balaban J connectivity index is 2.38. The maximum atomic E-state index is 12.2. The molecule has 0 saturated heterocycles. The Bertz CT molecular complexity index is 762. The molecule has 0 heterocycles. The van der Waals surface area contributed by atoms with E-state index in [-0.39, 0.29) is 10.6 Å². The molecular weight excluding hydrogens is 348 g/mol. The predicted octanol–water partition coefficient (Wildman–Crippen LogP) is 3.16. The lowest BCUT2D eigenvalue weighted by atomic mass is 10.3. The summed E-state index contributed by atoms with van der Waals surface area (Å²) < 4.78 is 27.3. The fraction of sp³-hybridized carbons (Fsp3) is 0. The number of anilines is 1. The molecule has 2 aromatic rings. The summed E-state index contributed by atoms with van der Waals surface area (Å²) in [4.78, 5) is 9.87. The summed E-state index contributed by atoms with van der Waals surface area (Å²) in [6.45, 7) is 0. The SMILES string of the molecule is O=[N+]([O-])c1cccc(S(=O)(=O)Nc2ccccc2Br)c1. The second-order valence-electron chi connectivity index (χ2n) is 3.84. The maximum Gasteiger partial charge on any atom is 0.270 e. The van der Waals surface area contributed by atoms with E-state index in [9.17, 15) is 18.5 Å². The van der Waals surface area contributed by atoms with Crippen molar-refractivity contribution in [3.05, 3.63) is 63.1 Å². The highest BCUT2D eigenvalue weighted by molar-refractivity contribution is 9.10. The lowest BCUT2D eigenvalue weighted by Crippen LogP contribution is -2.13. The van der Waals surface area contributed by atoms with Crippen LogP contribution < -0.4 is 4.72 Å². The quantitative estimate of drug-likeness (QED) is 0.672. The first kappa shape index (κ1) is 14.5. The summed E-state index contributed by atoms with van der Waals surface area (Å²) in [5.41, 5.74) is 0.0824. The molecule has 0 aromatic heterocycles. The number of benzene rings is 2. The van der Waals surface area contributed by atoms with Gasteiger partial charge in [-0.2, -0.15) is 0 Å². The van der Waals surface area contributed by atoms with Crippen LogP contribution in [0.2, 0.25) is 0 Å². The zero-order valence-corrected chi connectivity index (χ0v) is 12.4. The number of rotatable bonds is 4. The second kappa shape index (κ2) is 5.59. The number of para-hydroxylation sites is 1. The van der Waals surface area contributed by atoms with E-state index in [1.54, 1.807) is 24.3 Å². The molecular formula is C12H9BrN2O4S. The Morgan fingerprint density at radius 1 is 1.10 bits per heavy atom. The Morgan fingerprint density at radius 3 is 2.45 bits per heavy atom. The van der Waals surface area contributed by atoms with Crippen molar-refractivity contribution >= 4 is 37.3 Å². The number of nitro groups is 1. The van der Waals surface area contributed by atoms with Crippen molar-refractivity contribution in [3.8, 4) is 0 Å². The zero-order chi connectivity index (χ0) is 14.8. The molecule has 20 heavy (non-hydrogen) atoms. The van der Waals surface area contributed by atoms with Gasteiger partial charge in [0.15, 0.2) is 0 Å². The normalized spacial score (nSPS) is 11.1. The number of hydrogen-bond donors (Lipinski definition) is 1. The van der Waals surface area contributed by atoms with Crippen LogP contribution in [0.5, 0.6) is 0 Å². The topological polar surface area (TPSA) is 89.3 Å². The van der Waals surface area contributed by atoms with Crippen molar-refractivity contribution in [2.24, 2.45) is 0 Å². The van der Waals surface area contributed by atoms with Gasteiger partial charge in [-0.05, 0) is 34.1 Å². The lowest BCUT2D eigenvalue weighted by Gasteiger charge is -2.09. The van der Waals surface area contributed by atoms with Crippen LogP contribution in [0, 0.1) is 10.1 Å². The first-order chi connectivity index (χ1) is 9.40. The van der Waals surface area contributed by atoms with Crippen LogP contribution >= 0.6 is 15.9 Å². The number of nitrogens with one attached hydrogen (secondary N) is 1. The van der Waals surface area contributed by atoms with Crippen LogP contribution in [0.4, 0.5) is 11.4 Å². The van der Waals surface area contributed by atoms with Crippen LogP contribution in [0.25, 0.3) is 0 Å². The predicted molar refractivity (Wildman–Crippen MR) is 78.0 cm³/mol. The summed E-state index contributed by atoms with van der Waals surface area (Å²) in [7, 11) is -3.88. The van der Waals surface area contributed by atoms with E-state index >= 15 is 0 Å². The summed E-state index contributed by atoms with van der Waals surface area (Å²) in [6, 6.07) is 11.6. The van der Waals surface area contributed by atoms with Gasteiger partial charge < -0.3 is 0 Å². The van der Waals surface area contributed by atoms with Crippen molar-refractivity contribution in [2.45, 2.75) is 4.90 Å². The fourth-order valence-electron chi connectivity index (χ4n) is 1.51. The van der Waals surface area contributed by atoms with Crippen LogP contribution in [-0.2, 0) is 10.0 Å². The van der Waals surface area contributed by atoms with Gasteiger partial charge in [0.2, 0.25) is 0 Å². The largest absolute Gasteiger partial charge is 0.278 e. The smallest absolute Gasteiger partial charge is 0.270 e. The van der Waals surface area contributed by atoms with E-state index < -0.39 is 14.9 Å². The molecule has 0 atom stereocenters. The minimum absolute atomic E-state index is 0.164. The molecule has 8 heteroatoms. The first-order valence-corrected chi connectivity index (χ1v) is 7.69. The molecule has 0 amide bonds. The molecule has 0 aliphatic rings. The molecule has 0 aliphatic carbocycles. The van der Waals surface area contributed by atoms with Gasteiger partial charge in [-0.3, -0.25) is 14.8 Å². The molecule has 0 fully saturated rings. The molecule has 6 nitrogen and oxygen atoms in total. The average Bonchev–Trinajstić information content (AvgIpc) is 2.41. The van der Waals surface area contributed by atoms with Gasteiger partial charge in [-0.15, -0.1) is 0 Å². The summed E-state index contributed by atoms with van der Waals surface area (Å²) in [5.74, 6) is 0. The van der Waals surface area contributed by atoms with Gasteiger partial charge in [-0.1, -0.05) is 18.2 Å². The van der Waals surface area contributed by atoms with Gasteiger partial charge in [0.25, 0.3) is 15.7 Å². The summed E-state index contributed by atoms with van der Waals surface area (Å²) in [5, 5.41) is 10.7. The fourth-order valence-corrected chi connectivity index (χ4v) is 3.15. The van der Waals surface area contributed by atoms with E-state index in [2.05, 4.69) is 20.7 Å². The number of nitro benzene ring substituents is 1. The Kier molecular flexibility index (Phi) is 4.05. The van der Waals surface area contributed by atoms with Gasteiger partial charge in [0, 0.05) is 16.6 Å². The van der Waals surface area contributed by atoms with Gasteiger partial charge in [-0.25, -0.2) is 8.42 Å². The van der Waals surface area contributed by atoms with E-state index in [1.807, 2.05) is 0 Å². The van der Waals surface area contributed by atoms with Crippen molar-refractivity contribution in [1.82, 2.24) is 0 Å².